The maximum atomic E-state index is 9.48. The van der Waals surface area contributed by atoms with Gasteiger partial charge in [0.25, 0.3) is 0 Å². The fraction of sp³-hybridized carbons (Fsp3) is 0.444. The summed E-state index contributed by atoms with van der Waals surface area (Å²) in [5.74, 6) is 0. The van der Waals surface area contributed by atoms with Crippen molar-refractivity contribution in [3.8, 4) is 0 Å². The molecule has 1 heterocycles. The first-order valence-electron chi connectivity index (χ1n) is 3.80. The molecular weight excluding hydrogens is 174 g/mol. The number of halogens is 1. The zero-order valence-corrected chi connectivity index (χ0v) is 7.97. The summed E-state index contributed by atoms with van der Waals surface area (Å²) in [6, 6.07) is 3.48. The fourth-order valence-electron chi connectivity index (χ4n) is 0.989. The van der Waals surface area contributed by atoms with Gasteiger partial charge in [-0.05, 0) is 26.0 Å². The number of aromatic nitrogens is 1. The highest BCUT2D eigenvalue weighted by atomic mass is 35.5. The van der Waals surface area contributed by atoms with Crippen LogP contribution in [0.1, 0.15) is 19.5 Å². The largest absolute Gasteiger partial charge is 0.390 e. The molecule has 0 aliphatic heterocycles. The summed E-state index contributed by atoms with van der Waals surface area (Å²) in [5.41, 5.74) is 0.0903. The molecule has 66 valence electrons. The lowest BCUT2D eigenvalue weighted by atomic mass is 10.0. The highest BCUT2D eigenvalue weighted by molar-refractivity contribution is 6.30. The van der Waals surface area contributed by atoms with Crippen molar-refractivity contribution in [2.24, 2.45) is 0 Å². The van der Waals surface area contributed by atoms with E-state index in [2.05, 4.69) is 4.98 Å². The van der Waals surface area contributed by atoms with Crippen molar-refractivity contribution >= 4 is 11.6 Å². The Bertz CT molecular complexity index is 267. The van der Waals surface area contributed by atoms with Crippen molar-refractivity contribution < 1.29 is 5.11 Å². The monoisotopic (exact) mass is 185 g/mol. The van der Waals surface area contributed by atoms with Gasteiger partial charge in [0.15, 0.2) is 0 Å². The Kier molecular flexibility index (Phi) is 2.70. The second-order valence-electron chi connectivity index (χ2n) is 3.45. The molecule has 1 N–H and O–H groups in total. The van der Waals surface area contributed by atoms with Gasteiger partial charge in [-0.25, -0.2) is 0 Å². The van der Waals surface area contributed by atoms with Gasteiger partial charge in [0.1, 0.15) is 0 Å². The van der Waals surface area contributed by atoms with E-state index >= 15 is 0 Å². The molecule has 0 radical (unpaired) electrons. The number of hydrogen-bond donors (Lipinski definition) is 1. The molecule has 12 heavy (non-hydrogen) atoms. The summed E-state index contributed by atoms with van der Waals surface area (Å²) in [7, 11) is 0. The highest BCUT2D eigenvalue weighted by Crippen LogP contribution is 2.13. The lowest BCUT2D eigenvalue weighted by molar-refractivity contribution is 0.0799. The van der Waals surface area contributed by atoms with E-state index in [0.29, 0.717) is 11.4 Å². The van der Waals surface area contributed by atoms with E-state index in [-0.39, 0.29) is 0 Å². The minimum Gasteiger partial charge on any atom is -0.390 e. The topological polar surface area (TPSA) is 33.1 Å². The molecule has 0 saturated carbocycles. The van der Waals surface area contributed by atoms with Crippen molar-refractivity contribution in [1.29, 1.82) is 0 Å². The van der Waals surface area contributed by atoms with Crippen LogP contribution in [-0.4, -0.2) is 15.7 Å². The van der Waals surface area contributed by atoms with E-state index in [1.54, 1.807) is 32.2 Å². The van der Waals surface area contributed by atoms with Crippen LogP contribution in [0.5, 0.6) is 0 Å². The predicted octanol–water partition coefficient (Wildman–Crippen LogP) is 2.05. The van der Waals surface area contributed by atoms with E-state index < -0.39 is 5.60 Å². The number of pyridine rings is 1. The van der Waals surface area contributed by atoms with E-state index in [0.717, 1.165) is 5.69 Å². The minimum absolute atomic E-state index is 0.521. The molecule has 0 unspecified atom stereocenters. The van der Waals surface area contributed by atoms with Gasteiger partial charge in [0.2, 0.25) is 0 Å². The predicted molar refractivity (Wildman–Crippen MR) is 49.2 cm³/mol. The summed E-state index contributed by atoms with van der Waals surface area (Å²) in [6.07, 6.45) is 2.16. The zero-order valence-electron chi connectivity index (χ0n) is 7.21. The molecule has 0 spiro atoms. The minimum atomic E-state index is -0.725. The van der Waals surface area contributed by atoms with Crippen LogP contribution in [0.2, 0.25) is 5.02 Å². The molecule has 0 bridgehead atoms. The van der Waals surface area contributed by atoms with Crippen molar-refractivity contribution in [2.75, 3.05) is 0 Å². The molecule has 3 heteroatoms. The van der Waals surface area contributed by atoms with E-state index in [1.807, 2.05) is 0 Å². The number of nitrogens with zero attached hydrogens (tertiary/aromatic N) is 1. The molecule has 1 aromatic rings. The Labute approximate surface area is 77.2 Å². The SMILES string of the molecule is CC(C)(O)Cc1cc(Cl)ccn1. The highest BCUT2D eigenvalue weighted by Gasteiger charge is 2.13. The summed E-state index contributed by atoms with van der Waals surface area (Å²) >= 11 is 5.75. The van der Waals surface area contributed by atoms with Gasteiger partial charge in [-0.3, -0.25) is 4.98 Å². The zero-order chi connectivity index (χ0) is 9.19. The Balaban J connectivity index is 2.77. The van der Waals surface area contributed by atoms with Crippen LogP contribution < -0.4 is 0 Å². The van der Waals surface area contributed by atoms with Gasteiger partial charge in [-0.2, -0.15) is 0 Å². The third-order valence-corrected chi connectivity index (χ3v) is 1.63. The van der Waals surface area contributed by atoms with Crippen molar-refractivity contribution in [1.82, 2.24) is 4.98 Å². The molecule has 2 nitrogen and oxygen atoms in total. The first kappa shape index (κ1) is 9.49. The van der Waals surface area contributed by atoms with Crippen LogP contribution in [0, 0.1) is 0 Å². The Morgan fingerprint density at radius 1 is 1.58 bits per heavy atom. The van der Waals surface area contributed by atoms with Crippen molar-refractivity contribution in [3.63, 3.8) is 0 Å². The number of hydrogen-bond acceptors (Lipinski definition) is 2. The molecule has 1 rings (SSSR count). The van der Waals surface area contributed by atoms with Crippen molar-refractivity contribution in [3.05, 3.63) is 29.0 Å². The van der Waals surface area contributed by atoms with Gasteiger partial charge < -0.3 is 5.11 Å². The fourth-order valence-corrected chi connectivity index (χ4v) is 1.17. The molecule has 0 atom stereocenters. The quantitative estimate of drug-likeness (QED) is 0.765. The summed E-state index contributed by atoms with van der Waals surface area (Å²) in [4.78, 5) is 4.08. The number of aliphatic hydroxyl groups is 1. The first-order valence-corrected chi connectivity index (χ1v) is 4.18. The van der Waals surface area contributed by atoms with Crippen LogP contribution >= 0.6 is 11.6 Å². The molecule has 0 fully saturated rings. The molecule has 0 saturated heterocycles. The average molecular weight is 186 g/mol. The van der Waals surface area contributed by atoms with Crippen molar-refractivity contribution in [2.45, 2.75) is 25.9 Å². The lowest BCUT2D eigenvalue weighted by Gasteiger charge is -2.15. The molecule has 0 aliphatic rings. The number of rotatable bonds is 2. The van der Waals surface area contributed by atoms with Crippen LogP contribution in [0.25, 0.3) is 0 Å². The normalized spacial score (nSPS) is 11.7. The molecule has 0 aromatic carbocycles. The van der Waals surface area contributed by atoms with Crippen LogP contribution in [0.3, 0.4) is 0 Å². The average Bonchev–Trinajstić information content (AvgIpc) is 1.82. The molecule has 0 aliphatic carbocycles. The second kappa shape index (κ2) is 3.42. The third kappa shape index (κ3) is 3.20. The third-order valence-electron chi connectivity index (χ3n) is 1.39. The van der Waals surface area contributed by atoms with Gasteiger partial charge in [0, 0.05) is 23.3 Å². The van der Waals surface area contributed by atoms with E-state index in [9.17, 15) is 5.11 Å². The maximum absolute atomic E-state index is 9.48. The van der Waals surface area contributed by atoms with Gasteiger partial charge >= 0.3 is 0 Å². The smallest absolute Gasteiger partial charge is 0.0647 e. The summed E-state index contributed by atoms with van der Waals surface area (Å²) in [6.45, 7) is 3.49. The van der Waals surface area contributed by atoms with Gasteiger partial charge in [-0.15, -0.1) is 0 Å². The summed E-state index contributed by atoms with van der Waals surface area (Å²) < 4.78 is 0. The van der Waals surface area contributed by atoms with Crippen LogP contribution in [-0.2, 0) is 6.42 Å². The standard InChI is InChI=1S/C9H12ClNO/c1-9(2,12)6-8-5-7(10)3-4-11-8/h3-5,12H,6H2,1-2H3. The molecule has 1 aromatic heterocycles. The maximum Gasteiger partial charge on any atom is 0.0647 e. The first-order chi connectivity index (χ1) is 5.47. The summed E-state index contributed by atoms with van der Waals surface area (Å²) in [5, 5.41) is 10.1. The lowest BCUT2D eigenvalue weighted by Crippen LogP contribution is -2.22. The Morgan fingerprint density at radius 2 is 2.25 bits per heavy atom. The Morgan fingerprint density at radius 3 is 2.75 bits per heavy atom. The van der Waals surface area contributed by atoms with Crippen LogP contribution in [0.15, 0.2) is 18.3 Å². The Hall–Kier alpha value is -0.600. The van der Waals surface area contributed by atoms with Gasteiger partial charge in [-0.1, -0.05) is 11.6 Å². The van der Waals surface area contributed by atoms with E-state index in [4.69, 9.17) is 11.6 Å². The van der Waals surface area contributed by atoms with Gasteiger partial charge in [0.05, 0.1) is 5.60 Å². The molecule has 0 amide bonds. The van der Waals surface area contributed by atoms with Crippen LogP contribution in [0.4, 0.5) is 0 Å². The molecular formula is C9H12ClNO. The second-order valence-corrected chi connectivity index (χ2v) is 3.89. The van der Waals surface area contributed by atoms with E-state index in [1.165, 1.54) is 0 Å².